The summed E-state index contributed by atoms with van der Waals surface area (Å²) in [5.74, 6) is 0.537. The molecule has 1 nitrogen and oxygen atoms in total. The van der Waals surface area contributed by atoms with Gasteiger partial charge in [0.2, 0.25) is 0 Å². The van der Waals surface area contributed by atoms with Crippen molar-refractivity contribution in [2.45, 2.75) is 25.9 Å². The lowest BCUT2D eigenvalue weighted by molar-refractivity contribution is 0.429. The standard InChI is InChI=1S/C11H14Cl3N/c1-11(2,7-12)15-6-8-9(13)4-3-5-10(8)14/h3-5,15H,6-7H2,1-2H3. The van der Waals surface area contributed by atoms with Crippen molar-refractivity contribution in [1.29, 1.82) is 0 Å². The Morgan fingerprint density at radius 2 is 1.73 bits per heavy atom. The fourth-order valence-electron chi connectivity index (χ4n) is 1.08. The summed E-state index contributed by atoms with van der Waals surface area (Å²) in [6.07, 6.45) is 0. The summed E-state index contributed by atoms with van der Waals surface area (Å²) in [5, 5.41) is 4.67. The maximum Gasteiger partial charge on any atom is 0.0465 e. The Kier molecular flexibility index (Phi) is 4.72. The highest BCUT2D eigenvalue weighted by Gasteiger charge is 2.16. The van der Waals surface area contributed by atoms with Gasteiger partial charge in [-0.15, -0.1) is 11.6 Å². The van der Waals surface area contributed by atoms with Crippen molar-refractivity contribution in [3.05, 3.63) is 33.8 Å². The maximum atomic E-state index is 6.04. The number of benzene rings is 1. The molecule has 15 heavy (non-hydrogen) atoms. The third-order valence-corrected chi connectivity index (χ3v) is 3.52. The molecule has 1 aromatic rings. The fraction of sp³-hybridized carbons (Fsp3) is 0.455. The average Bonchev–Trinajstić information content (AvgIpc) is 2.17. The number of nitrogens with one attached hydrogen (secondary N) is 1. The molecule has 0 amide bonds. The summed E-state index contributed by atoms with van der Waals surface area (Å²) >= 11 is 17.9. The summed E-state index contributed by atoms with van der Waals surface area (Å²) in [6.45, 7) is 4.69. The molecule has 0 aliphatic heterocycles. The first kappa shape index (κ1) is 13.1. The van der Waals surface area contributed by atoms with Crippen molar-refractivity contribution in [3.8, 4) is 0 Å². The molecule has 0 aliphatic carbocycles. The summed E-state index contributed by atoms with van der Waals surface area (Å²) in [5.41, 5.74) is 0.795. The normalized spacial score (nSPS) is 11.8. The predicted molar refractivity (Wildman–Crippen MR) is 68.1 cm³/mol. The Hall–Kier alpha value is 0.0500. The Labute approximate surface area is 106 Å². The first-order valence-corrected chi connectivity index (χ1v) is 5.99. The van der Waals surface area contributed by atoms with Gasteiger partial charge >= 0.3 is 0 Å². The molecule has 0 aliphatic rings. The molecule has 0 fully saturated rings. The van der Waals surface area contributed by atoms with E-state index < -0.39 is 0 Å². The van der Waals surface area contributed by atoms with Crippen LogP contribution in [0.25, 0.3) is 0 Å². The number of alkyl halides is 1. The van der Waals surface area contributed by atoms with Crippen LogP contribution in [0.15, 0.2) is 18.2 Å². The van der Waals surface area contributed by atoms with Gasteiger partial charge in [-0.25, -0.2) is 0 Å². The number of rotatable bonds is 4. The summed E-state index contributed by atoms with van der Waals surface area (Å²) < 4.78 is 0. The SMILES string of the molecule is CC(C)(CCl)NCc1c(Cl)cccc1Cl. The fourth-order valence-corrected chi connectivity index (χ4v) is 1.70. The van der Waals surface area contributed by atoms with Gasteiger partial charge in [0.15, 0.2) is 0 Å². The lowest BCUT2D eigenvalue weighted by atomic mass is 10.1. The van der Waals surface area contributed by atoms with Crippen LogP contribution in [0.5, 0.6) is 0 Å². The van der Waals surface area contributed by atoms with E-state index in [0.29, 0.717) is 22.5 Å². The molecular formula is C11H14Cl3N. The van der Waals surface area contributed by atoms with Crippen LogP contribution < -0.4 is 5.32 Å². The van der Waals surface area contributed by atoms with E-state index in [1.807, 2.05) is 32.0 Å². The van der Waals surface area contributed by atoms with Gasteiger partial charge in [0.25, 0.3) is 0 Å². The first-order chi connectivity index (χ1) is 6.96. The van der Waals surface area contributed by atoms with Crippen molar-refractivity contribution >= 4 is 34.8 Å². The molecule has 4 heteroatoms. The summed E-state index contributed by atoms with van der Waals surface area (Å²) in [6, 6.07) is 5.50. The van der Waals surface area contributed by atoms with Crippen LogP contribution in [-0.2, 0) is 6.54 Å². The van der Waals surface area contributed by atoms with Crippen LogP contribution in [0.1, 0.15) is 19.4 Å². The van der Waals surface area contributed by atoms with Crippen LogP contribution in [0, 0.1) is 0 Å². The van der Waals surface area contributed by atoms with Gasteiger partial charge in [0, 0.05) is 33.6 Å². The third-order valence-electron chi connectivity index (χ3n) is 2.14. The highest BCUT2D eigenvalue weighted by atomic mass is 35.5. The average molecular weight is 267 g/mol. The van der Waals surface area contributed by atoms with Crippen LogP contribution in [-0.4, -0.2) is 11.4 Å². The molecule has 0 atom stereocenters. The molecular weight excluding hydrogens is 252 g/mol. The minimum Gasteiger partial charge on any atom is -0.306 e. The molecule has 0 spiro atoms. The van der Waals surface area contributed by atoms with Crippen molar-refractivity contribution in [1.82, 2.24) is 5.32 Å². The molecule has 0 heterocycles. The molecule has 1 rings (SSSR count). The van der Waals surface area contributed by atoms with E-state index in [0.717, 1.165) is 5.56 Å². The molecule has 0 aromatic heterocycles. The first-order valence-electron chi connectivity index (χ1n) is 4.70. The highest BCUT2D eigenvalue weighted by molar-refractivity contribution is 6.35. The molecule has 0 radical (unpaired) electrons. The second kappa shape index (κ2) is 5.40. The van der Waals surface area contributed by atoms with Gasteiger partial charge in [0.1, 0.15) is 0 Å². The molecule has 0 saturated heterocycles. The zero-order valence-corrected chi connectivity index (χ0v) is 11.0. The summed E-state index contributed by atoms with van der Waals surface area (Å²) in [4.78, 5) is 0. The Balaban J connectivity index is 2.73. The van der Waals surface area contributed by atoms with E-state index in [4.69, 9.17) is 34.8 Å². The van der Waals surface area contributed by atoms with Crippen molar-refractivity contribution < 1.29 is 0 Å². The minimum atomic E-state index is -0.121. The number of halogens is 3. The zero-order valence-electron chi connectivity index (χ0n) is 8.78. The highest BCUT2D eigenvalue weighted by Crippen LogP contribution is 2.24. The minimum absolute atomic E-state index is 0.121. The van der Waals surface area contributed by atoms with Gasteiger partial charge in [-0.2, -0.15) is 0 Å². The van der Waals surface area contributed by atoms with E-state index in [2.05, 4.69) is 5.32 Å². The Morgan fingerprint density at radius 1 is 1.20 bits per heavy atom. The van der Waals surface area contributed by atoms with Gasteiger partial charge in [0.05, 0.1) is 0 Å². The van der Waals surface area contributed by atoms with Crippen LogP contribution >= 0.6 is 34.8 Å². The quantitative estimate of drug-likeness (QED) is 0.809. The lowest BCUT2D eigenvalue weighted by Crippen LogP contribution is -2.40. The number of hydrogen-bond acceptors (Lipinski definition) is 1. The van der Waals surface area contributed by atoms with Crippen molar-refractivity contribution in [2.75, 3.05) is 5.88 Å². The van der Waals surface area contributed by atoms with Crippen molar-refractivity contribution in [2.24, 2.45) is 0 Å². The monoisotopic (exact) mass is 265 g/mol. The van der Waals surface area contributed by atoms with E-state index in [-0.39, 0.29) is 5.54 Å². The molecule has 1 aromatic carbocycles. The van der Waals surface area contributed by atoms with Crippen LogP contribution in [0.3, 0.4) is 0 Å². The zero-order chi connectivity index (χ0) is 11.5. The third kappa shape index (κ3) is 3.84. The largest absolute Gasteiger partial charge is 0.306 e. The maximum absolute atomic E-state index is 6.04. The molecule has 1 N–H and O–H groups in total. The Morgan fingerprint density at radius 3 is 2.20 bits per heavy atom. The summed E-state index contributed by atoms with van der Waals surface area (Å²) in [7, 11) is 0. The second-order valence-electron chi connectivity index (χ2n) is 4.07. The van der Waals surface area contributed by atoms with Crippen LogP contribution in [0.2, 0.25) is 10.0 Å². The lowest BCUT2D eigenvalue weighted by Gasteiger charge is -2.24. The smallest absolute Gasteiger partial charge is 0.0465 e. The van der Waals surface area contributed by atoms with E-state index in [9.17, 15) is 0 Å². The molecule has 0 unspecified atom stereocenters. The number of hydrogen-bond donors (Lipinski definition) is 1. The molecule has 0 bridgehead atoms. The Bertz CT molecular complexity index is 316. The van der Waals surface area contributed by atoms with E-state index in [1.165, 1.54) is 0 Å². The van der Waals surface area contributed by atoms with Crippen LogP contribution in [0.4, 0.5) is 0 Å². The van der Waals surface area contributed by atoms with Crippen molar-refractivity contribution in [3.63, 3.8) is 0 Å². The van der Waals surface area contributed by atoms with E-state index >= 15 is 0 Å². The van der Waals surface area contributed by atoms with Gasteiger partial charge in [-0.05, 0) is 26.0 Å². The predicted octanol–water partition coefficient (Wildman–Crippen LogP) is 4.10. The second-order valence-corrected chi connectivity index (χ2v) is 5.15. The van der Waals surface area contributed by atoms with Gasteiger partial charge < -0.3 is 5.32 Å². The van der Waals surface area contributed by atoms with Gasteiger partial charge in [-0.1, -0.05) is 29.3 Å². The van der Waals surface area contributed by atoms with Gasteiger partial charge in [-0.3, -0.25) is 0 Å². The molecule has 0 saturated carbocycles. The van der Waals surface area contributed by atoms with E-state index in [1.54, 1.807) is 0 Å². The molecule has 84 valence electrons. The topological polar surface area (TPSA) is 12.0 Å².